The second-order valence-corrected chi connectivity index (χ2v) is 5.95. The fourth-order valence-corrected chi connectivity index (χ4v) is 2.80. The minimum absolute atomic E-state index is 0.155. The maximum absolute atomic E-state index is 12.8. The summed E-state index contributed by atoms with van der Waals surface area (Å²) in [7, 11) is 0. The van der Waals surface area contributed by atoms with Crippen molar-refractivity contribution in [3.63, 3.8) is 0 Å². The number of aromatic amines is 2. The molecule has 2 heterocycles. The van der Waals surface area contributed by atoms with Crippen molar-refractivity contribution in [2.75, 3.05) is 39.3 Å². The first kappa shape index (κ1) is 17.2. The Morgan fingerprint density at radius 3 is 2.52 bits per heavy atom. The zero-order chi connectivity index (χ0) is 17.6. The lowest BCUT2D eigenvalue weighted by Gasteiger charge is -2.34. The van der Waals surface area contributed by atoms with Crippen molar-refractivity contribution in [2.24, 2.45) is 0 Å². The molecule has 1 aromatic heterocycles. The van der Waals surface area contributed by atoms with Crippen LogP contribution in [-0.2, 0) is 0 Å². The molecule has 134 valence electrons. The summed E-state index contributed by atoms with van der Waals surface area (Å²) in [6.07, 6.45) is 2.26. The van der Waals surface area contributed by atoms with Crippen molar-refractivity contribution >= 4 is 5.91 Å². The molecule has 1 aromatic carbocycles. The van der Waals surface area contributed by atoms with E-state index in [1.54, 1.807) is 17.0 Å². The lowest BCUT2D eigenvalue weighted by molar-refractivity contribution is 0.0625. The summed E-state index contributed by atoms with van der Waals surface area (Å²) in [5.74, 6) is 0.235. The molecule has 1 fully saturated rings. The number of amides is 1. The second kappa shape index (κ2) is 7.98. The Bertz CT molecular complexity index is 748. The maximum Gasteiger partial charge on any atom is 0.323 e. The minimum Gasteiger partial charge on any atom is -0.494 e. The van der Waals surface area contributed by atoms with Crippen LogP contribution < -0.4 is 10.4 Å². The van der Waals surface area contributed by atoms with Gasteiger partial charge >= 0.3 is 5.69 Å². The lowest BCUT2D eigenvalue weighted by Crippen LogP contribution is -2.49. The van der Waals surface area contributed by atoms with E-state index in [9.17, 15) is 14.0 Å². The highest BCUT2D eigenvalue weighted by Crippen LogP contribution is 2.12. The number of rotatable bonds is 6. The van der Waals surface area contributed by atoms with Crippen LogP contribution in [0.5, 0.6) is 5.75 Å². The van der Waals surface area contributed by atoms with E-state index in [2.05, 4.69) is 14.9 Å². The average Bonchev–Trinajstić information content (AvgIpc) is 3.06. The third kappa shape index (κ3) is 4.69. The lowest BCUT2D eigenvalue weighted by atomic mass is 10.2. The molecule has 2 aromatic rings. The molecule has 3 rings (SSSR count). The summed E-state index contributed by atoms with van der Waals surface area (Å²) in [6, 6.07) is 5.99. The zero-order valence-electron chi connectivity index (χ0n) is 13.8. The number of aromatic nitrogens is 2. The van der Waals surface area contributed by atoms with Crippen LogP contribution >= 0.6 is 0 Å². The van der Waals surface area contributed by atoms with Gasteiger partial charge in [0.2, 0.25) is 0 Å². The van der Waals surface area contributed by atoms with Gasteiger partial charge in [0.1, 0.15) is 17.3 Å². The Hall–Kier alpha value is -2.61. The summed E-state index contributed by atoms with van der Waals surface area (Å²) in [5, 5.41) is 0. The summed E-state index contributed by atoms with van der Waals surface area (Å²) in [4.78, 5) is 32.3. The van der Waals surface area contributed by atoms with Gasteiger partial charge in [-0.25, -0.2) is 9.18 Å². The first-order chi connectivity index (χ1) is 12.1. The van der Waals surface area contributed by atoms with Crippen molar-refractivity contribution in [1.82, 2.24) is 19.8 Å². The highest BCUT2D eigenvalue weighted by Gasteiger charge is 2.22. The van der Waals surface area contributed by atoms with Gasteiger partial charge < -0.3 is 19.6 Å². The van der Waals surface area contributed by atoms with Gasteiger partial charge in [-0.2, -0.15) is 0 Å². The minimum atomic E-state index is -0.372. The van der Waals surface area contributed by atoms with Gasteiger partial charge in [-0.05, 0) is 30.7 Å². The van der Waals surface area contributed by atoms with Crippen LogP contribution in [0.2, 0.25) is 0 Å². The number of carbonyl (C=O) groups is 1. The molecule has 0 spiro atoms. The highest BCUT2D eigenvalue weighted by molar-refractivity contribution is 5.92. The molecule has 0 atom stereocenters. The second-order valence-electron chi connectivity index (χ2n) is 5.95. The Labute approximate surface area is 144 Å². The fraction of sp³-hybridized carbons (Fsp3) is 0.412. The molecule has 0 saturated carbocycles. The van der Waals surface area contributed by atoms with Crippen LogP contribution in [0, 0.1) is 5.82 Å². The normalized spacial score (nSPS) is 15.3. The molecule has 2 N–H and O–H groups in total. The highest BCUT2D eigenvalue weighted by atomic mass is 19.1. The molecular formula is C17H21FN4O3. The van der Waals surface area contributed by atoms with Crippen molar-refractivity contribution in [3.05, 3.63) is 52.5 Å². The fourth-order valence-electron chi connectivity index (χ4n) is 2.80. The number of ether oxygens (including phenoxy) is 1. The van der Waals surface area contributed by atoms with Crippen molar-refractivity contribution in [3.8, 4) is 5.75 Å². The van der Waals surface area contributed by atoms with E-state index in [4.69, 9.17) is 4.74 Å². The molecule has 1 aliphatic rings. The molecule has 0 unspecified atom stereocenters. The third-order valence-electron chi connectivity index (χ3n) is 4.19. The van der Waals surface area contributed by atoms with Crippen molar-refractivity contribution in [2.45, 2.75) is 6.42 Å². The van der Waals surface area contributed by atoms with Crippen molar-refractivity contribution < 1.29 is 13.9 Å². The van der Waals surface area contributed by atoms with Gasteiger partial charge in [0.05, 0.1) is 6.61 Å². The molecular weight excluding hydrogens is 327 g/mol. The molecule has 1 amide bonds. The molecule has 0 bridgehead atoms. The first-order valence-corrected chi connectivity index (χ1v) is 8.29. The molecule has 0 radical (unpaired) electrons. The molecule has 8 heteroatoms. The topological polar surface area (TPSA) is 81.4 Å². The quantitative estimate of drug-likeness (QED) is 0.765. The number of nitrogens with one attached hydrogen (secondary N) is 2. The SMILES string of the molecule is O=C(c1c[nH]c(=O)[nH]1)N1CCN(CCCOc2ccc(F)cc2)CC1. The molecule has 1 aliphatic heterocycles. The number of H-pyrrole nitrogens is 2. The molecule has 0 aliphatic carbocycles. The van der Waals surface area contributed by atoms with Crippen LogP contribution in [0.25, 0.3) is 0 Å². The summed E-state index contributed by atoms with van der Waals surface area (Å²) >= 11 is 0. The van der Waals surface area contributed by atoms with Gasteiger partial charge in [-0.3, -0.25) is 9.69 Å². The maximum atomic E-state index is 12.8. The Morgan fingerprint density at radius 1 is 1.16 bits per heavy atom. The number of halogens is 1. The third-order valence-corrected chi connectivity index (χ3v) is 4.19. The number of hydrogen-bond donors (Lipinski definition) is 2. The number of benzene rings is 1. The predicted octanol–water partition coefficient (Wildman–Crippen LogP) is 1.07. The van der Waals surface area contributed by atoms with Gasteiger partial charge in [0.15, 0.2) is 0 Å². The van der Waals surface area contributed by atoms with Crippen LogP contribution in [0.3, 0.4) is 0 Å². The van der Waals surface area contributed by atoms with Gasteiger partial charge in [-0.15, -0.1) is 0 Å². The number of hydrogen-bond acceptors (Lipinski definition) is 4. The Morgan fingerprint density at radius 2 is 1.88 bits per heavy atom. The largest absolute Gasteiger partial charge is 0.494 e. The van der Waals surface area contributed by atoms with Gasteiger partial charge in [0.25, 0.3) is 5.91 Å². The van der Waals surface area contributed by atoms with Crippen LogP contribution in [-0.4, -0.2) is 65.0 Å². The van der Waals surface area contributed by atoms with E-state index in [-0.39, 0.29) is 17.4 Å². The molecule has 1 saturated heterocycles. The zero-order valence-corrected chi connectivity index (χ0v) is 13.8. The van der Waals surface area contributed by atoms with Gasteiger partial charge in [0, 0.05) is 38.9 Å². The van der Waals surface area contributed by atoms with E-state index >= 15 is 0 Å². The number of piperazine rings is 1. The molecule has 25 heavy (non-hydrogen) atoms. The van der Waals surface area contributed by atoms with E-state index in [0.717, 1.165) is 26.1 Å². The molecule has 7 nitrogen and oxygen atoms in total. The summed E-state index contributed by atoms with van der Waals surface area (Å²) < 4.78 is 18.4. The number of carbonyl (C=O) groups excluding carboxylic acids is 1. The van der Waals surface area contributed by atoms with Crippen molar-refractivity contribution in [1.29, 1.82) is 0 Å². The summed E-state index contributed by atoms with van der Waals surface area (Å²) in [6.45, 7) is 4.28. The van der Waals surface area contributed by atoms with E-state index < -0.39 is 0 Å². The Kier molecular flexibility index (Phi) is 5.49. The summed E-state index contributed by atoms with van der Waals surface area (Å²) in [5.41, 5.74) is -0.0747. The standard InChI is InChI=1S/C17H21FN4O3/c18-13-2-4-14(5-3-13)25-11-1-6-21-7-9-22(10-8-21)16(23)15-12-19-17(24)20-15/h2-5,12H,1,6-11H2,(H2,19,20,24). The van der Waals surface area contributed by atoms with E-state index in [1.165, 1.54) is 18.3 Å². The first-order valence-electron chi connectivity index (χ1n) is 8.29. The Balaban J connectivity index is 1.36. The smallest absolute Gasteiger partial charge is 0.323 e. The van der Waals surface area contributed by atoms with Gasteiger partial charge in [-0.1, -0.05) is 0 Å². The predicted molar refractivity (Wildman–Crippen MR) is 90.3 cm³/mol. The van der Waals surface area contributed by atoms with Crippen LogP contribution in [0.15, 0.2) is 35.3 Å². The van der Waals surface area contributed by atoms with Crippen LogP contribution in [0.1, 0.15) is 16.9 Å². The van der Waals surface area contributed by atoms with Crippen LogP contribution in [0.4, 0.5) is 4.39 Å². The monoisotopic (exact) mass is 348 g/mol. The number of imidazole rings is 1. The average molecular weight is 348 g/mol. The number of nitrogens with zero attached hydrogens (tertiary/aromatic N) is 2. The van der Waals surface area contributed by atoms with E-state index in [0.29, 0.717) is 31.1 Å². The van der Waals surface area contributed by atoms with E-state index in [1.807, 2.05) is 0 Å².